The van der Waals surface area contributed by atoms with Gasteiger partial charge >= 0.3 is 0 Å². The van der Waals surface area contributed by atoms with Gasteiger partial charge in [-0.05, 0) is 24.4 Å². The molecule has 0 unspecified atom stereocenters. The quantitative estimate of drug-likeness (QED) is 0.642. The fourth-order valence-electron chi connectivity index (χ4n) is 2.53. The van der Waals surface area contributed by atoms with Gasteiger partial charge in [-0.2, -0.15) is 0 Å². The van der Waals surface area contributed by atoms with Gasteiger partial charge in [-0.3, -0.25) is 4.79 Å². The van der Waals surface area contributed by atoms with Gasteiger partial charge in [0.2, 0.25) is 6.34 Å². The Balaban J connectivity index is 0.000001000. The molecule has 0 atom stereocenters. The molecular weight excluding hydrogens is 320 g/mol. The number of benzene rings is 2. The Morgan fingerprint density at radius 2 is 1.85 bits per heavy atom. The summed E-state index contributed by atoms with van der Waals surface area (Å²) in [6.45, 7) is 2.03. The summed E-state index contributed by atoms with van der Waals surface area (Å²) in [7, 11) is 2.01. The van der Waals surface area contributed by atoms with Crippen LogP contribution < -0.4 is 21.9 Å². The fourth-order valence-corrected chi connectivity index (χ4v) is 2.53. The lowest BCUT2D eigenvalue weighted by Gasteiger charge is -2.20. The smallest absolute Gasteiger partial charge is 0.244 e. The maximum atomic E-state index is 11.4. The third-order valence-corrected chi connectivity index (χ3v) is 3.26. The second-order valence-corrected chi connectivity index (χ2v) is 4.71. The number of carbonyl (C=O) groups is 1. The van der Waals surface area contributed by atoms with Crippen molar-refractivity contribution in [2.45, 2.75) is 6.92 Å². The van der Waals surface area contributed by atoms with E-state index in [0.717, 1.165) is 5.69 Å². The van der Waals surface area contributed by atoms with Crippen molar-refractivity contribution in [3.05, 3.63) is 36.4 Å². The average molecular weight is 337 g/mol. The summed E-state index contributed by atoms with van der Waals surface area (Å²) in [6, 6.07) is 12.5. The first-order valence-corrected chi connectivity index (χ1v) is 6.02. The fraction of sp³-hybridized carbons (Fsp3) is 0.200. The SMILES string of the molecule is CC(=O)CN1C=[N+](C)c2cccc3cccc1c23.O.[Br-]. The van der Waals surface area contributed by atoms with Crippen LogP contribution in [0, 0.1) is 0 Å². The van der Waals surface area contributed by atoms with Crippen molar-refractivity contribution in [1.82, 2.24) is 0 Å². The molecule has 20 heavy (non-hydrogen) atoms. The van der Waals surface area contributed by atoms with Crippen LogP contribution in [-0.2, 0) is 4.79 Å². The number of carbonyl (C=O) groups excluding carboxylic acids is 1. The van der Waals surface area contributed by atoms with Gasteiger partial charge in [-0.15, -0.1) is 0 Å². The summed E-state index contributed by atoms with van der Waals surface area (Å²) in [6.07, 6.45) is 1.98. The first-order valence-electron chi connectivity index (χ1n) is 6.02. The molecule has 0 amide bonds. The van der Waals surface area contributed by atoms with Gasteiger partial charge in [-0.1, -0.05) is 24.3 Å². The van der Waals surface area contributed by atoms with Crippen LogP contribution >= 0.6 is 0 Å². The van der Waals surface area contributed by atoms with Crippen LogP contribution in [0.4, 0.5) is 11.4 Å². The lowest BCUT2D eigenvalue weighted by molar-refractivity contribution is -0.399. The predicted octanol–water partition coefficient (Wildman–Crippen LogP) is -1.27. The number of Topliss-reactive ketones (excluding diaryl/α,β-unsaturated/α-hetero) is 1. The molecule has 0 spiro atoms. The predicted molar refractivity (Wildman–Crippen MR) is 77.5 cm³/mol. The Morgan fingerprint density at radius 1 is 1.20 bits per heavy atom. The molecule has 0 aromatic heterocycles. The van der Waals surface area contributed by atoms with E-state index in [9.17, 15) is 4.79 Å². The van der Waals surface area contributed by atoms with Crippen LogP contribution in [-0.4, -0.2) is 35.8 Å². The summed E-state index contributed by atoms with van der Waals surface area (Å²) < 4.78 is 2.07. The van der Waals surface area contributed by atoms with Crippen LogP contribution in [0.25, 0.3) is 10.8 Å². The minimum absolute atomic E-state index is 0. The molecule has 0 saturated carbocycles. The van der Waals surface area contributed by atoms with Gasteiger partial charge in [-0.25, -0.2) is 9.48 Å². The highest BCUT2D eigenvalue weighted by atomic mass is 79.9. The van der Waals surface area contributed by atoms with E-state index in [2.05, 4.69) is 34.9 Å². The van der Waals surface area contributed by atoms with E-state index in [1.54, 1.807) is 6.92 Å². The lowest BCUT2D eigenvalue weighted by atomic mass is 10.0. The van der Waals surface area contributed by atoms with Crippen molar-refractivity contribution in [3.8, 4) is 0 Å². The number of nitrogens with zero attached hydrogens (tertiary/aromatic N) is 2. The molecule has 2 N–H and O–H groups in total. The van der Waals surface area contributed by atoms with E-state index in [-0.39, 0.29) is 28.2 Å². The van der Waals surface area contributed by atoms with Crippen molar-refractivity contribution in [3.63, 3.8) is 0 Å². The van der Waals surface area contributed by atoms with Crippen molar-refractivity contribution >= 4 is 34.3 Å². The standard InChI is InChI=1S/C15H15N2O.BrH.H2O/c1-11(18)9-17-10-16(2)13-7-3-5-12-6-4-8-14(17)15(12)13;;/h3-8,10H,9H2,1-2H3;1H;1H2/q+1;;/p-1. The first-order chi connectivity index (χ1) is 8.66. The van der Waals surface area contributed by atoms with Crippen LogP contribution in [0.5, 0.6) is 0 Å². The van der Waals surface area contributed by atoms with E-state index in [1.807, 2.05) is 24.4 Å². The lowest BCUT2D eigenvalue weighted by Crippen LogP contribution is -3.00. The normalized spacial score (nSPS) is 12.3. The maximum Gasteiger partial charge on any atom is 0.244 e. The number of hydrogen-bond donors (Lipinski definition) is 0. The molecule has 1 aliphatic heterocycles. The number of ketones is 1. The molecule has 2 aromatic rings. The van der Waals surface area contributed by atoms with E-state index >= 15 is 0 Å². The van der Waals surface area contributed by atoms with Gasteiger partial charge in [0.25, 0.3) is 0 Å². The van der Waals surface area contributed by atoms with Gasteiger partial charge in [0.15, 0.2) is 5.78 Å². The maximum absolute atomic E-state index is 11.4. The van der Waals surface area contributed by atoms with Gasteiger partial charge in [0.05, 0.1) is 12.4 Å². The van der Waals surface area contributed by atoms with Crippen LogP contribution in [0.1, 0.15) is 6.92 Å². The average Bonchev–Trinajstić information content (AvgIpc) is 2.34. The molecule has 2 aromatic carbocycles. The molecule has 5 heteroatoms. The van der Waals surface area contributed by atoms with Gasteiger partial charge in [0, 0.05) is 0 Å². The Kier molecular flexibility index (Phi) is 5.03. The van der Waals surface area contributed by atoms with Crippen LogP contribution in [0.2, 0.25) is 0 Å². The molecule has 3 rings (SSSR count). The Bertz CT molecular complexity index is 677. The Labute approximate surface area is 128 Å². The molecule has 0 aliphatic carbocycles. The molecule has 0 fully saturated rings. The molecule has 0 radical (unpaired) electrons. The second-order valence-electron chi connectivity index (χ2n) is 4.71. The number of rotatable bonds is 2. The van der Waals surface area contributed by atoms with Crippen molar-refractivity contribution in [2.75, 3.05) is 18.5 Å². The van der Waals surface area contributed by atoms with Gasteiger partial charge in [0.1, 0.15) is 17.9 Å². The zero-order valence-electron chi connectivity index (χ0n) is 11.4. The number of halogens is 1. The zero-order valence-corrected chi connectivity index (χ0v) is 13.0. The summed E-state index contributed by atoms with van der Waals surface area (Å²) in [5, 5.41) is 2.42. The third-order valence-electron chi connectivity index (χ3n) is 3.26. The molecule has 106 valence electrons. The molecule has 4 nitrogen and oxygen atoms in total. The minimum Gasteiger partial charge on any atom is -1.00 e. The minimum atomic E-state index is 0. The third kappa shape index (κ3) is 2.59. The Hall–Kier alpha value is -1.72. The van der Waals surface area contributed by atoms with E-state index in [4.69, 9.17) is 0 Å². The Morgan fingerprint density at radius 3 is 2.50 bits per heavy atom. The van der Waals surface area contributed by atoms with E-state index in [1.165, 1.54) is 16.5 Å². The molecular formula is C15H17BrN2O2. The summed E-state index contributed by atoms with van der Waals surface area (Å²) in [5.41, 5.74) is 2.29. The molecule has 1 heterocycles. The van der Waals surface area contributed by atoms with E-state index in [0.29, 0.717) is 6.54 Å². The monoisotopic (exact) mass is 336 g/mol. The second kappa shape index (κ2) is 6.15. The largest absolute Gasteiger partial charge is 1.00 e. The summed E-state index contributed by atoms with van der Waals surface area (Å²) in [4.78, 5) is 13.4. The van der Waals surface area contributed by atoms with Crippen molar-refractivity contribution < 1.29 is 31.8 Å². The topological polar surface area (TPSA) is 54.8 Å². The molecule has 0 saturated heterocycles. The van der Waals surface area contributed by atoms with E-state index < -0.39 is 0 Å². The zero-order chi connectivity index (χ0) is 12.7. The number of anilines is 1. The van der Waals surface area contributed by atoms with Gasteiger partial charge < -0.3 is 22.5 Å². The summed E-state index contributed by atoms with van der Waals surface area (Å²) in [5.74, 6) is 0.163. The molecule has 0 bridgehead atoms. The first kappa shape index (κ1) is 16.3. The molecule has 1 aliphatic rings. The van der Waals surface area contributed by atoms with Crippen molar-refractivity contribution in [2.24, 2.45) is 0 Å². The van der Waals surface area contributed by atoms with Crippen LogP contribution in [0.15, 0.2) is 36.4 Å². The van der Waals surface area contributed by atoms with Crippen molar-refractivity contribution in [1.29, 1.82) is 0 Å². The highest BCUT2D eigenvalue weighted by Crippen LogP contribution is 2.36. The number of hydrogen-bond acceptors (Lipinski definition) is 2. The highest BCUT2D eigenvalue weighted by Gasteiger charge is 2.24. The van der Waals surface area contributed by atoms with Crippen LogP contribution in [0.3, 0.4) is 0 Å². The highest BCUT2D eigenvalue weighted by molar-refractivity contribution is 6.07. The summed E-state index contributed by atoms with van der Waals surface area (Å²) >= 11 is 0.